The van der Waals surface area contributed by atoms with Crippen LogP contribution in [0.15, 0.2) is 17.5 Å². The Labute approximate surface area is 87.8 Å². The highest BCUT2D eigenvalue weighted by Crippen LogP contribution is 2.11. The van der Waals surface area contributed by atoms with Crippen molar-refractivity contribution in [3.05, 3.63) is 22.4 Å². The number of carbonyl (C=O) groups is 1. The van der Waals surface area contributed by atoms with Gasteiger partial charge in [-0.1, -0.05) is 19.9 Å². The number of thiophene rings is 1. The van der Waals surface area contributed by atoms with Crippen LogP contribution in [-0.4, -0.2) is 23.2 Å². The predicted octanol–water partition coefficient (Wildman–Crippen LogP) is 1.74. The van der Waals surface area contributed by atoms with Gasteiger partial charge < -0.3 is 10.4 Å². The quantitative estimate of drug-likeness (QED) is 0.783. The number of hydrogen-bond acceptors (Lipinski definition) is 3. The summed E-state index contributed by atoms with van der Waals surface area (Å²) in [6.07, 6.45) is 0.561. The van der Waals surface area contributed by atoms with Gasteiger partial charge in [0.05, 0.1) is 0 Å². The molecule has 4 heteroatoms. The van der Waals surface area contributed by atoms with Crippen LogP contribution < -0.4 is 5.32 Å². The first-order chi connectivity index (χ1) is 6.59. The molecule has 0 amide bonds. The average molecular weight is 213 g/mol. The number of aliphatic carboxylic acids is 1. The molecule has 78 valence electrons. The zero-order chi connectivity index (χ0) is 10.6. The Morgan fingerprint density at radius 3 is 2.79 bits per heavy atom. The van der Waals surface area contributed by atoms with E-state index in [2.05, 4.69) is 5.32 Å². The largest absolute Gasteiger partial charge is 0.480 e. The average Bonchev–Trinajstić information content (AvgIpc) is 2.54. The number of nitrogens with one attached hydrogen (secondary N) is 1. The zero-order valence-corrected chi connectivity index (χ0v) is 9.17. The third-order valence-corrected chi connectivity index (χ3v) is 2.72. The Morgan fingerprint density at radius 2 is 2.36 bits per heavy atom. The first kappa shape index (κ1) is 11.2. The van der Waals surface area contributed by atoms with Crippen molar-refractivity contribution in [2.24, 2.45) is 0 Å². The first-order valence-electron chi connectivity index (χ1n) is 4.61. The molecule has 1 unspecified atom stereocenters. The summed E-state index contributed by atoms with van der Waals surface area (Å²) in [6.45, 7) is 3.90. The van der Waals surface area contributed by atoms with Crippen molar-refractivity contribution in [2.45, 2.75) is 32.4 Å². The maximum atomic E-state index is 10.9. The van der Waals surface area contributed by atoms with Gasteiger partial charge in [0.15, 0.2) is 0 Å². The molecule has 1 atom stereocenters. The second-order valence-corrected chi connectivity index (χ2v) is 4.53. The summed E-state index contributed by atoms with van der Waals surface area (Å²) in [4.78, 5) is 12.0. The SMILES string of the molecule is CC(C)NC(Cc1cccs1)C(=O)O. The van der Waals surface area contributed by atoms with E-state index in [0.29, 0.717) is 6.42 Å². The van der Waals surface area contributed by atoms with Gasteiger partial charge >= 0.3 is 5.97 Å². The van der Waals surface area contributed by atoms with E-state index in [1.807, 2.05) is 31.4 Å². The summed E-state index contributed by atoms with van der Waals surface area (Å²) in [7, 11) is 0. The lowest BCUT2D eigenvalue weighted by atomic mass is 10.1. The summed E-state index contributed by atoms with van der Waals surface area (Å²) in [5.74, 6) is -0.785. The molecular formula is C10H15NO2S. The highest BCUT2D eigenvalue weighted by Gasteiger charge is 2.18. The van der Waals surface area contributed by atoms with Gasteiger partial charge in [-0.05, 0) is 11.4 Å². The molecule has 0 radical (unpaired) electrons. The van der Waals surface area contributed by atoms with Gasteiger partial charge in [-0.15, -0.1) is 11.3 Å². The zero-order valence-electron chi connectivity index (χ0n) is 8.36. The molecule has 0 saturated carbocycles. The lowest BCUT2D eigenvalue weighted by Gasteiger charge is -2.16. The summed E-state index contributed by atoms with van der Waals surface area (Å²) in [5.41, 5.74) is 0. The molecule has 14 heavy (non-hydrogen) atoms. The van der Waals surface area contributed by atoms with E-state index in [4.69, 9.17) is 5.11 Å². The van der Waals surface area contributed by atoms with Gasteiger partial charge in [-0.2, -0.15) is 0 Å². The van der Waals surface area contributed by atoms with Crippen LogP contribution in [0.25, 0.3) is 0 Å². The molecule has 1 aromatic heterocycles. The van der Waals surface area contributed by atoms with Crippen LogP contribution in [0.5, 0.6) is 0 Å². The summed E-state index contributed by atoms with van der Waals surface area (Å²) < 4.78 is 0. The van der Waals surface area contributed by atoms with E-state index in [0.717, 1.165) is 4.88 Å². The highest BCUT2D eigenvalue weighted by atomic mass is 32.1. The topological polar surface area (TPSA) is 49.3 Å². The molecular weight excluding hydrogens is 198 g/mol. The van der Waals surface area contributed by atoms with Gasteiger partial charge in [0, 0.05) is 17.3 Å². The molecule has 0 aromatic carbocycles. The maximum absolute atomic E-state index is 10.9. The van der Waals surface area contributed by atoms with Crippen LogP contribution in [0.1, 0.15) is 18.7 Å². The van der Waals surface area contributed by atoms with Crippen molar-refractivity contribution in [3.63, 3.8) is 0 Å². The summed E-state index contributed by atoms with van der Waals surface area (Å²) in [6, 6.07) is 3.61. The minimum absolute atomic E-state index is 0.191. The molecule has 0 aliphatic heterocycles. The fourth-order valence-corrected chi connectivity index (χ4v) is 2.00. The van der Waals surface area contributed by atoms with Crippen molar-refractivity contribution in [1.29, 1.82) is 0 Å². The Hall–Kier alpha value is -0.870. The maximum Gasteiger partial charge on any atom is 0.321 e. The Bertz CT molecular complexity index is 282. The normalized spacial score (nSPS) is 13.1. The number of carboxylic acids is 1. The molecule has 1 rings (SSSR count). The van der Waals surface area contributed by atoms with Crippen LogP contribution >= 0.6 is 11.3 Å². The molecule has 2 N–H and O–H groups in total. The Morgan fingerprint density at radius 1 is 1.64 bits per heavy atom. The standard InChI is InChI=1S/C10H15NO2S/c1-7(2)11-9(10(12)13)6-8-4-3-5-14-8/h3-5,7,9,11H,6H2,1-2H3,(H,12,13). The monoisotopic (exact) mass is 213 g/mol. The van der Waals surface area contributed by atoms with Crippen LogP contribution in [0.3, 0.4) is 0 Å². The lowest BCUT2D eigenvalue weighted by molar-refractivity contribution is -0.139. The molecule has 0 aliphatic carbocycles. The van der Waals surface area contributed by atoms with E-state index in [1.165, 1.54) is 0 Å². The smallest absolute Gasteiger partial charge is 0.321 e. The molecule has 1 aromatic rings. The molecule has 3 nitrogen and oxygen atoms in total. The van der Waals surface area contributed by atoms with E-state index in [9.17, 15) is 4.79 Å². The minimum Gasteiger partial charge on any atom is -0.480 e. The van der Waals surface area contributed by atoms with E-state index >= 15 is 0 Å². The van der Waals surface area contributed by atoms with Crippen molar-refractivity contribution in [3.8, 4) is 0 Å². The van der Waals surface area contributed by atoms with Crippen molar-refractivity contribution in [1.82, 2.24) is 5.32 Å². The molecule has 1 heterocycles. The van der Waals surface area contributed by atoms with Crippen molar-refractivity contribution < 1.29 is 9.90 Å². The minimum atomic E-state index is -0.785. The molecule has 0 fully saturated rings. The fraction of sp³-hybridized carbons (Fsp3) is 0.500. The second kappa shape index (κ2) is 5.12. The van der Waals surface area contributed by atoms with Gasteiger partial charge in [0.25, 0.3) is 0 Å². The third kappa shape index (κ3) is 3.47. The lowest BCUT2D eigenvalue weighted by Crippen LogP contribution is -2.42. The first-order valence-corrected chi connectivity index (χ1v) is 5.49. The molecule has 0 spiro atoms. The number of rotatable bonds is 5. The third-order valence-electron chi connectivity index (χ3n) is 1.82. The summed E-state index contributed by atoms with van der Waals surface area (Å²) in [5, 5.41) is 13.9. The highest BCUT2D eigenvalue weighted by molar-refractivity contribution is 7.09. The molecule has 0 aliphatic rings. The second-order valence-electron chi connectivity index (χ2n) is 3.50. The van der Waals surface area contributed by atoms with E-state index in [-0.39, 0.29) is 6.04 Å². The van der Waals surface area contributed by atoms with E-state index in [1.54, 1.807) is 11.3 Å². The van der Waals surface area contributed by atoms with Crippen molar-refractivity contribution >= 4 is 17.3 Å². The van der Waals surface area contributed by atoms with Crippen LogP contribution in [-0.2, 0) is 11.2 Å². The van der Waals surface area contributed by atoms with E-state index < -0.39 is 12.0 Å². The van der Waals surface area contributed by atoms with Gasteiger partial charge in [-0.25, -0.2) is 0 Å². The van der Waals surface area contributed by atoms with Crippen LogP contribution in [0.2, 0.25) is 0 Å². The van der Waals surface area contributed by atoms with Gasteiger partial charge in [0.1, 0.15) is 6.04 Å². The van der Waals surface area contributed by atoms with Gasteiger partial charge in [0.2, 0.25) is 0 Å². The van der Waals surface area contributed by atoms with Crippen LogP contribution in [0.4, 0.5) is 0 Å². The fourth-order valence-electron chi connectivity index (χ4n) is 1.25. The Balaban J connectivity index is 2.56. The number of carboxylic acid groups (broad SMARTS) is 1. The van der Waals surface area contributed by atoms with Crippen molar-refractivity contribution in [2.75, 3.05) is 0 Å². The van der Waals surface area contributed by atoms with Crippen LogP contribution in [0, 0.1) is 0 Å². The Kier molecular flexibility index (Phi) is 4.10. The van der Waals surface area contributed by atoms with Gasteiger partial charge in [-0.3, -0.25) is 4.79 Å². The molecule has 0 bridgehead atoms. The predicted molar refractivity (Wildman–Crippen MR) is 57.7 cm³/mol. The number of hydrogen-bond donors (Lipinski definition) is 2. The summed E-state index contributed by atoms with van der Waals surface area (Å²) >= 11 is 1.59. The molecule has 0 saturated heterocycles.